The van der Waals surface area contributed by atoms with Gasteiger partial charge in [-0.25, -0.2) is 4.39 Å². The van der Waals surface area contributed by atoms with Crippen LogP contribution < -0.4 is 4.74 Å². The molecular weight excluding hydrogens is 361 g/mol. The average Bonchev–Trinajstić information content (AvgIpc) is 3.24. The molecule has 0 radical (unpaired) electrons. The van der Waals surface area contributed by atoms with E-state index in [1.807, 2.05) is 4.90 Å². The van der Waals surface area contributed by atoms with Crippen molar-refractivity contribution in [3.8, 4) is 17.2 Å². The molecule has 1 aliphatic heterocycles. The summed E-state index contributed by atoms with van der Waals surface area (Å²) in [5.41, 5.74) is 1.29. The Morgan fingerprint density at radius 1 is 1.14 bits per heavy atom. The highest BCUT2D eigenvalue weighted by Gasteiger charge is 2.29. The lowest BCUT2D eigenvalue weighted by Gasteiger charge is -2.31. The lowest BCUT2D eigenvalue weighted by Crippen LogP contribution is -2.39. The minimum Gasteiger partial charge on any atom is -0.497 e. The van der Waals surface area contributed by atoms with Crippen LogP contribution in [-0.4, -0.2) is 41.2 Å². The molecule has 1 amide bonds. The molecular formula is C21H20FN3O3. The highest BCUT2D eigenvalue weighted by Crippen LogP contribution is 2.29. The summed E-state index contributed by atoms with van der Waals surface area (Å²) in [6, 6.07) is 13.0. The molecule has 28 heavy (non-hydrogen) atoms. The van der Waals surface area contributed by atoms with Gasteiger partial charge >= 0.3 is 0 Å². The van der Waals surface area contributed by atoms with E-state index in [4.69, 9.17) is 9.15 Å². The van der Waals surface area contributed by atoms with Crippen LogP contribution in [0.2, 0.25) is 0 Å². The zero-order valence-corrected chi connectivity index (χ0v) is 15.5. The number of carbonyl (C=O) groups excluding carboxylic acids is 1. The fourth-order valence-corrected chi connectivity index (χ4v) is 3.39. The van der Waals surface area contributed by atoms with Crippen molar-refractivity contribution in [3.63, 3.8) is 0 Å². The number of nitrogens with zero attached hydrogens (tertiary/aromatic N) is 3. The summed E-state index contributed by atoms with van der Waals surface area (Å²) in [5.74, 6) is 1.22. The third-order valence-electron chi connectivity index (χ3n) is 4.93. The number of hydrogen-bond donors (Lipinski definition) is 0. The third kappa shape index (κ3) is 3.74. The molecule has 0 unspecified atom stereocenters. The molecule has 0 N–H and O–H groups in total. The summed E-state index contributed by atoms with van der Waals surface area (Å²) in [5, 5.41) is 8.24. The summed E-state index contributed by atoms with van der Waals surface area (Å²) >= 11 is 0. The number of benzene rings is 2. The van der Waals surface area contributed by atoms with E-state index in [-0.39, 0.29) is 17.6 Å². The fraction of sp³-hybridized carbons (Fsp3) is 0.286. The van der Waals surface area contributed by atoms with Crippen molar-refractivity contribution in [3.05, 3.63) is 65.8 Å². The molecule has 144 valence electrons. The van der Waals surface area contributed by atoms with Gasteiger partial charge in [0.1, 0.15) is 11.6 Å². The number of rotatable bonds is 4. The number of piperidine rings is 1. The van der Waals surface area contributed by atoms with Gasteiger partial charge < -0.3 is 14.1 Å². The molecule has 0 spiro atoms. The molecule has 2 aromatic carbocycles. The van der Waals surface area contributed by atoms with Gasteiger partial charge in [-0.2, -0.15) is 0 Å². The highest BCUT2D eigenvalue weighted by molar-refractivity contribution is 5.94. The van der Waals surface area contributed by atoms with E-state index in [1.165, 1.54) is 12.1 Å². The first-order valence-corrected chi connectivity index (χ1v) is 9.16. The van der Waals surface area contributed by atoms with Crippen LogP contribution in [0.5, 0.6) is 5.75 Å². The van der Waals surface area contributed by atoms with E-state index in [1.54, 1.807) is 43.5 Å². The van der Waals surface area contributed by atoms with E-state index < -0.39 is 0 Å². The second kappa shape index (κ2) is 7.80. The monoisotopic (exact) mass is 381 g/mol. The van der Waals surface area contributed by atoms with E-state index in [0.29, 0.717) is 41.7 Å². The van der Waals surface area contributed by atoms with Crippen LogP contribution in [0, 0.1) is 5.82 Å². The standard InChI is InChI=1S/C21H20FN3O3/c1-27-18-10-6-15(7-11-18)21(26)25-12-2-3-16(13-25)20-24-23-19(28-20)14-4-8-17(22)9-5-14/h4-11,16H,2-3,12-13H2,1H3/t16-/m0/s1. The zero-order chi connectivity index (χ0) is 19.5. The molecule has 3 aromatic rings. The molecule has 2 heterocycles. The number of ether oxygens (including phenoxy) is 1. The van der Waals surface area contributed by atoms with Crippen LogP contribution >= 0.6 is 0 Å². The largest absolute Gasteiger partial charge is 0.497 e. The Labute approximate surface area is 161 Å². The molecule has 0 bridgehead atoms. The number of halogens is 1. The maximum absolute atomic E-state index is 13.1. The Kier molecular flexibility index (Phi) is 5.06. The summed E-state index contributed by atoms with van der Waals surface area (Å²) in [7, 11) is 1.59. The van der Waals surface area contributed by atoms with Gasteiger partial charge in [0.05, 0.1) is 13.0 Å². The van der Waals surface area contributed by atoms with E-state index in [0.717, 1.165) is 12.8 Å². The minimum atomic E-state index is -0.316. The summed E-state index contributed by atoms with van der Waals surface area (Å²) in [6.07, 6.45) is 1.73. The average molecular weight is 381 g/mol. The SMILES string of the molecule is COc1ccc(C(=O)N2CCC[C@H](c3nnc(-c4ccc(F)cc4)o3)C2)cc1. The van der Waals surface area contributed by atoms with Gasteiger partial charge in [0.25, 0.3) is 5.91 Å². The first kappa shape index (κ1) is 18.2. The molecule has 0 saturated carbocycles. The second-order valence-corrected chi connectivity index (χ2v) is 6.77. The minimum absolute atomic E-state index is 0.0161. The van der Waals surface area contributed by atoms with Crippen LogP contribution in [0.3, 0.4) is 0 Å². The number of carbonyl (C=O) groups is 1. The molecule has 6 nitrogen and oxygen atoms in total. The molecule has 1 atom stereocenters. The van der Waals surface area contributed by atoms with Gasteiger partial charge in [0.2, 0.25) is 11.8 Å². The number of likely N-dealkylation sites (tertiary alicyclic amines) is 1. The van der Waals surface area contributed by atoms with Crippen molar-refractivity contribution in [1.82, 2.24) is 15.1 Å². The zero-order valence-electron chi connectivity index (χ0n) is 15.5. The summed E-state index contributed by atoms with van der Waals surface area (Å²) < 4.78 is 24.0. The quantitative estimate of drug-likeness (QED) is 0.686. The summed E-state index contributed by atoms with van der Waals surface area (Å²) in [4.78, 5) is 14.6. The van der Waals surface area contributed by atoms with Gasteiger partial charge in [-0.05, 0) is 61.4 Å². The van der Waals surface area contributed by atoms with Gasteiger partial charge in [-0.1, -0.05) is 0 Å². The maximum Gasteiger partial charge on any atom is 0.253 e. The van der Waals surface area contributed by atoms with Crippen LogP contribution in [0.1, 0.15) is 35.0 Å². The highest BCUT2D eigenvalue weighted by atomic mass is 19.1. The lowest BCUT2D eigenvalue weighted by atomic mass is 9.97. The molecule has 4 rings (SSSR count). The Morgan fingerprint density at radius 2 is 1.89 bits per heavy atom. The van der Waals surface area contributed by atoms with E-state index in [9.17, 15) is 9.18 Å². The molecule has 0 aliphatic carbocycles. The van der Waals surface area contributed by atoms with Crippen LogP contribution in [0.15, 0.2) is 52.9 Å². The number of hydrogen-bond acceptors (Lipinski definition) is 5. The van der Waals surface area contributed by atoms with E-state index in [2.05, 4.69) is 10.2 Å². The summed E-state index contributed by atoms with van der Waals surface area (Å²) in [6.45, 7) is 1.22. The van der Waals surface area contributed by atoms with Gasteiger partial charge in [-0.3, -0.25) is 4.79 Å². The van der Waals surface area contributed by atoms with Crippen molar-refractivity contribution >= 4 is 5.91 Å². The van der Waals surface area contributed by atoms with Gasteiger partial charge in [0, 0.05) is 24.2 Å². The normalized spacial score (nSPS) is 16.8. The van der Waals surface area contributed by atoms with Crippen molar-refractivity contribution in [1.29, 1.82) is 0 Å². The Morgan fingerprint density at radius 3 is 2.61 bits per heavy atom. The second-order valence-electron chi connectivity index (χ2n) is 6.77. The predicted octanol–water partition coefficient (Wildman–Crippen LogP) is 3.90. The maximum atomic E-state index is 13.1. The van der Waals surface area contributed by atoms with Crippen molar-refractivity contribution < 1.29 is 18.3 Å². The van der Waals surface area contributed by atoms with Gasteiger partial charge in [-0.15, -0.1) is 10.2 Å². The Balaban J connectivity index is 1.47. The molecule has 1 aromatic heterocycles. The Bertz CT molecular complexity index is 954. The van der Waals surface area contributed by atoms with Crippen molar-refractivity contribution in [2.75, 3.05) is 20.2 Å². The number of aromatic nitrogens is 2. The molecule has 7 heteroatoms. The van der Waals surface area contributed by atoms with Crippen LogP contribution in [0.25, 0.3) is 11.5 Å². The molecule has 1 aliphatic rings. The van der Waals surface area contributed by atoms with Crippen LogP contribution in [0.4, 0.5) is 4.39 Å². The first-order valence-electron chi connectivity index (χ1n) is 9.16. The van der Waals surface area contributed by atoms with E-state index >= 15 is 0 Å². The molecule has 1 saturated heterocycles. The third-order valence-corrected chi connectivity index (χ3v) is 4.93. The molecule has 1 fully saturated rings. The first-order chi connectivity index (χ1) is 13.6. The van der Waals surface area contributed by atoms with Gasteiger partial charge in [0.15, 0.2) is 0 Å². The smallest absolute Gasteiger partial charge is 0.253 e. The number of amides is 1. The fourth-order valence-electron chi connectivity index (χ4n) is 3.39. The Hall–Kier alpha value is -3.22. The van der Waals surface area contributed by atoms with Crippen LogP contribution in [-0.2, 0) is 0 Å². The predicted molar refractivity (Wildman–Crippen MR) is 101 cm³/mol. The van der Waals surface area contributed by atoms with Crippen molar-refractivity contribution in [2.24, 2.45) is 0 Å². The lowest BCUT2D eigenvalue weighted by molar-refractivity contribution is 0.0698. The van der Waals surface area contributed by atoms with Crippen molar-refractivity contribution in [2.45, 2.75) is 18.8 Å². The number of methoxy groups -OCH3 is 1. The topological polar surface area (TPSA) is 68.5 Å².